The first-order chi connectivity index (χ1) is 18.2. The number of phosphoric acid groups is 1. The van der Waals surface area contributed by atoms with Gasteiger partial charge < -0.3 is 27.9 Å². The fourth-order valence-corrected chi connectivity index (χ4v) is 4.45. The van der Waals surface area contributed by atoms with Crippen molar-refractivity contribution < 1.29 is 32.5 Å². The second-order valence-corrected chi connectivity index (χ2v) is 12.6. The molecule has 0 aliphatic rings. The number of quaternary nitrogens is 1. The molecule has 0 radical (unpaired) electrons. The molecule has 0 aromatic carbocycles. The van der Waals surface area contributed by atoms with E-state index in [1.54, 1.807) is 0 Å². The normalized spacial score (nSPS) is 15.0. The van der Waals surface area contributed by atoms with Crippen molar-refractivity contribution in [2.45, 2.75) is 109 Å². The summed E-state index contributed by atoms with van der Waals surface area (Å²) in [6.45, 7) is 3.76. The van der Waals surface area contributed by atoms with Gasteiger partial charge in [0.2, 0.25) is 0 Å². The first kappa shape index (κ1) is 37.5. The van der Waals surface area contributed by atoms with Gasteiger partial charge in [-0.25, -0.2) is 0 Å². The molecule has 0 aromatic heterocycles. The van der Waals surface area contributed by atoms with Gasteiger partial charge in [-0.1, -0.05) is 69.8 Å². The second-order valence-electron chi connectivity index (χ2n) is 11.2. The number of methoxy groups -OCH3 is 1. The summed E-state index contributed by atoms with van der Waals surface area (Å²) in [6, 6.07) is 0. The number of likely N-dealkylation sites (N-methyl/N-ethyl adjacent to an activating group) is 1. The average Bonchev–Trinajstić information content (AvgIpc) is 2.85. The minimum Gasteiger partial charge on any atom is -0.756 e. The minimum absolute atomic E-state index is 0.0900. The lowest BCUT2D eigenvalue weighted by Crippen LogP contribution is -2.37. The van der Waals surface area contributed by atoms with Gasteiger partial charge in [-0.05, 0) is 57.8 Å². The molecule has 1 unspecified atom stereocenters. The van der Waals surface area contributed by atoms with Gasteiger partial charge in [-0.15, -0.1) is 0 Å². The maximum atomic E-state index is 11.9. The van der Waals surface area contributed by atoms with Crippen LogP contribution >= 0.6 is 7.82 Å². The van der Waals surface area contributed by atoms with Crippen LogP contribution < -0.4 is 4.89 Å². The first-order valence-corrected chi connectivity index (χ1v) is 16.5. The van der Waals surface area contributed by atoms with Crippen LogP contribution in [0, 0.1) is 0 Å². The molecular weight excluding hydrogens is 501 g/mol. The van der Waals surface area contributed by atoms with Crippen molar-refractivity contribution in [3.63, 3.8) is 0 Å². The largest absolute Gasteiger partial charge is 0.756 e. The Kier molecular flexibility index (Phi) is 25.1. The van der Waals surface area contributed by atoms with Crippen LogP contribution in [0.25, 0.3) is 0 Å². The predicted octanol–water partition coefficient (Wildman–Crippen LogP) is 7.21. The summed E-state index contributed by atoms with van der Waals surface area (Å²) in [7, 11) is 3.10. The number of phosphoric ester groups is 1. The van der Waals surface area contributed by atoms with Gasteiger partial charge in [0, 0.05) is 13.7 Å². The number of rotatable bonds is 28. The molecule has 0 saturated carbocycles. The Labute approximate surface area is 235 Å². The highest BCUT2D eigenvalue weighted by atomic mass is 31.2. The Morgan fingerprint density at radius 2 is 1.21 bits per heavy atom. The second kappa shape index (κ2) is 25.4. The van der Waals surface area contributed by atoms with E-state index >= 15 is 0 Å². The summed E-state index contributed by atoms with van der Waals surface area (Å²) >= 11 is 0. The Hall–Kier alpha value is -0.530. The summed E-state index contributed by atoms with van der Waals surface area (Å²) in [6.07, 6.45) is 27.6. The van der Waals surface area contributed by atoms with Gasteiger partial charge in [-0.3, -0.25) is 4.57 Å². The number of nitrogens with zero attached hydrogens (tertiary/aromatic N) is 1. The first-order valence-electron chi connectivity index (χ1n) is 15.0. The van der Waals surface area contributed by atoms with Crippen molar-refractivity contribution in [2.75, 3.05) is 61.2 Å². The number of allylic oxidation sites excluding steroid dienone is 4. The van der Waals surface area contributed by atoms with Crippen LogP contribution in [-0.2, 0) is 23.1 Å². The van der Waals surface area contributed by atoms with Crippen molar-refractivity contribution in [2.24, 2.45) is 0 Å². The number of hydrogen-bond donors (Lipinski definition) is 0. The third kappa shape index (κ3) is 28.5. The molecule has 0 aliphatic heterocycles. The molecular formula is C30H60NO6P. The van der Waals surface area contributed by atoms with Crippen molar-refractivity contribution in [3.05, 3.63) is 24.3 Å². The molecule has 0 fully saturated rings. The summed E-state index contributed by atoms with van der Waals surface area (Å²) in [4.78, 5) is 11.9. The fraction of sp³-hybridized carbons (Fsp3) is 0.867. The summed E-state index contributed by atoms with van der Waals surface area (Å²) in [5.41, 5.74) is 0. The van der Waals surface area contributed by atoms with Gasteiger partial charge in [0.05, 0.1) is 34.4 Å². The summed E-state index contributed by atoms with van der Waals surface area (Å²) in [5.74, 6) is 0. The third-order valence-electron chi connectivity index (χ3n) is 6.28. The zero-order valence-corrected chi connectivity index (χ0v) is 26.3. The molecule has 0 heterocycles. The smallest absolute Gasteiger partial charge is 0.268 e. The zero-order valence-electron chi connectivity index (χ0n) is 25.4. The lowest BCUT2D eigenvalue weighted by atomic mass is 10.1. The molecule has 7 nitrogen and oxygen atoms in total. The van der Waals surface area contributed by atoms with Gasteiger partial charge >= 0.3 is 0 Å². The molecule has 226 valence electrons. The molecule has 0 spiro atoms. The van der Waals surface area contributed by atoms with E-state index in [0.717, 1.165) is 12.8 Å². The topological polar surface area (TPSA) is 77.1 Å². The molecule has 0 rings (SSSR count). The SMILES string of the molecule is CCCCC/C=C\CCCC/C=C\CCCCCCCCOC[C@H](COP(=O)([O-])OCC[N+](C)(C)C)OC. The summed E-state index contributed by atoms with van der Waals surface area (Å²) in [5, 5.41) is 0. The lowest BCUT2D eigenvalue weighted by molar-refractivity contribution is -0.870. The highest BCUT2D eigenvalue weighted by Gasteiger charge is 2.16. The van der Waals surface area contributed by atoms with Crippen molar-refractivity contribution >= 4 is 7.82 Å². The van der Waals surface area contributed by atoms with E-state index in [9.17, 15) is 9.46 Å². The van der Waals surface area contributed by atoms with Gasteiger partial charge in [0.1, 0.15) is 19.3 Å². The van der Waals surface area contributed by atoms with Crippen LogP contribution in [0.2, 0.25) is 0 Å². The van der Waals surface area contributed by atoms with Crippen LogP contribution in [-0.4, -0.2) is 71.8 Å². The van der Waals surface area contributed by atoms with Gasteiger partial charge in [0.15, 0.2) is 0 Å². The summed E-state index contributed by atoms with van der Waals surface area (Å²) < 4.78 is 33.3. The molecule has 38 heavy (non-hydrogen) atoms. The maximum absolute atomic E-state index is 11.9. The third-order valence-corrected chi connectivity index (χ3v) is 7.24. The molecule has 0 aliphatic carbocycles. The van der Waals surface area contributed by atoms with E-state index in [1.165, 1.54) is 90.6 Å². The van der Waals surface area contributed by atoms with Crippen molar-refractivity contribution in [1.29, 1.82) is 0 Å². The molecule has 0 aromatic rings. The Balaban J connectivity index is 3.53. The van der Waals surface area contributed by atoms with Gasteiger partial charge in [0.25, 0.3) is 7.82 Å². The van der Waals surface area contributed by atoms with E-state index < -0.39 is 13.9 Å². The van der Waals surface area contributed by atoms with Crippen LogP contribution in [0.15, 0.2) is 24.3 Å². The van der Waals surface area contributed by atoms with Crippen molar-refractivity contribution in [3.8, 4) is 0 Å². The van der Waals surface area contributed by atoms with E-state index in [-0.39, 0.29) is 13.2 Å². The highest BCUT2D eigenvalue weighted by molar-refractivity contribution is 7.45. The lowest BCUT2D eigenvalue weighted by Gasteiger charge is -2.28. The predicted molar refractivity (Wildman–Crippen MR) is 157 cm³/mol. The van der Waals surface area contributed by atoms with Crippen LogP contribution in [0.3, 0.4) is 0 Å². The highest BCUT2D eigenvalue weighted by Crippen LogP contribution is 2.38. The Morgan fingerprint density at radius 1 is 0.711 bits per heavy atom. The van der Waals surface area contributed by atoms with E-state index in [0.29, 0.717) is 24.2 Å². The van der Waals surface area contributed by atoms with Gasteiger partial charge in [-0.2, -0.15) is 0 Å². The minimum atomic E-state index is -4.33. The fourth-order valence-electron chi connectivity index (χ4n) is 3.72. The van der Waals surface area contributed by atoms with E-state index in [1.807, 2.05) is 21.1 Å². The Bertz CT molecular complexity index is 620. The molecule has 8 heteroatoms. The number of unbranched alkanes of at least 4 members (excludes halogenated alkanes) is 12. The quantitative estimate of drug-likeness (QED) is 0.0435. The van der Waals surface area contributed by atoms with Crippen molar-refractivity contribution in [1.82, 2.24) is 0 Å². The van der Waals surface area contributed by atoms with Crippen LogP contribution in [0.5, 0.6) is 0 Å². The Morgan fingerprint density at radius 3 is 1.74 bits per heavy atom. The molecule has 0 bridgehead atoms. The van der Waals surface area contributed by atoms with Crippen LogP contribution in [0.4, 0.5) is 0 Å². The van der Waals surface area contributed by atoms with Crippen LogP contribution in [0.1, 0.15) is 103 Å². The molecule has 0 saturated heterocycles. The zero-order chi connectivity index (χ0) is 28.4. The molecule has 0 N–H and O–H groups in total. The van der Waals surface area contributed by atoms with E-state index in [2.05, 4.69) is 31.2 Å². The maximum Gasteiger partial charge on any atom is 0.268 e. The average molecular weight is 562 g/mol. The number of hydrogen-bond acceptors (Lipinski definition) is 6. The number of ether oxygens (including phenoxy) is 2. The monoisotopic (exact) mass is 561 g/mol. The standard InChI is InChI=1S/C30H60NO6P/c1-6-7-8-9-10-11-12-13-14-15-16-17-18-19-20-21-22-23-24-26-35-28-30(34-5)29-37-38(32,33)36-27-25-31(2,3)4/h10-11,16-17,30H,6-9,12-15,18-29H2,1-5H3/b11-10-,17-16-/t30-/m1/s1. The molecule has 0 amide bonds. The molecule has 2 atom stereocenters. The van der Waals surface area contributed by atoms with E-state index in [4.69, 9.17) is 18.5 Å².